The summed E-state index contributed by atoms with van der Waals surface area (Å²) in [6.45, 7) is 1.65. The van der Waals surface area contributed by atoms with Gasteiger partial charge in [0.1, 0.15) is 6.10 Å². The minimum atomic E-state index is -2.00. The maximum Gasteiger partial charge on any atom is 0.244 e. The molecule has 4 atom stereocenters. The Labute approximate surface area is 172 Å². The summed E-state index contributed by atoms with van der Waals surface area (Å²) in [5, 5.41) is 39.4. The zero-order chi connectivity index (χ0) is 20.9. The maximum absolute atomic E-state index is 10.2. The highest BCUT2D eigenvalue weighted by atomic mass is 35.5. The molecule has 0 spiro atoms. The lowest BCUT2D eigenvalue weighted by atomic mass is 9.53. The molecule has 2 aliphatic rings. The molecule has 0 amide bonds. The van der Waals surface area contributed by atoms with Crippen molar-refractivity contribution in [1.82, 2.24) is 4.98 Å². The third-order valence-electron chi connectivity index (χ3n) is 5.90. The molecule has 7 nitrogen and oxygen atoms in total. The van der Waals surface area contributed by atoms with Gasteiger partial charge in [0.2, 0.25) is 17.1 Å². The highest BCUT2D eigenvalue weighted by Crippen LogP contribution is 2.68. The first-order valence-electron chi connectivity index (χ1n) is 8.77. The van der Waals surface area contributed by atoms with Gasteiger partial charge in [-0.1, -0.05) is 30.7 Å². The van der Waals surface area contributed by atoms with Crippen molar-refractivity contribution in [2.45, 2.75) is 18.8 Å². The van der Waals surface area contributed by atoms with E-state index in [9.17, 15) is 15.8 Å². The fraction of sp³-hybridized carbons (Fsp3) is 0.286. The highest BCUT2D eigenvalue weighted by molar-refractivity contribution is 6.30. The lowest BCUT2D eigenvalue weighted by Gasteiger charge is -2.48. The second-order valence-electron chi connectivity index (χ2n) is 7.06. The van der Waals surface area contributed by atoms with E-state index < -0.39 is 34.5 Å². The first-order valence-corrected chi connectivity index (χ1v) is 9.15. The van der Waals surface area contributed by atoms with Gasteiger partial charge in [-0.15, -0.1) is 0 Å². The van der Waals surface area contributed by atoms with Crippen molar-refractivity contribution in [3.63, 3.8) is 0 Å². The van der Waals surface area contributed by atoms with Crippen LogP contribution >= 0.6 is 11.6 Å². The molecule has 3 heterocycles. The third kappa shape index (κ3) is 2.13. The number of nitrogens with one attached hydrogen (secondary N) is 1. The van der Waals surface area contributed by atoms with E-state index >= 15 is 0 Å². The van der Waals surface area contributed by atoms with Crippen LogP contribution in [-0.2, 0) is 15.3 Å². The van der Waals surface area contributed by atoms with E-state index in [1.54, 1.807) is 43.3 Å². The Morgan fingerprint density at radius 1 is 1.10 bits per heavy atom. The summed E-state index contributed by atoms with van der Waals surface area (Å²) < 4.78 is 12.2. The smallest absolute Gasteiger partial charge is 0.244 e. The fourth-order valence-corrected chi connectivity index (χ4v) is 4.60. The number of nitrogens with zero attached hydrogens (tertiary/aromatic N) is 4. The molecule has 1 aromatic carbocycles. The Kier molecular flexibility index (Phi) is 4.10. The van der Waals surface area contributed by atoms with Crippen molar-refractivity contribution in [3.05, 3.63) is 64.9 Å². The molecule has 0 aliphatic carbocycles. The number of hydrogen-bond donors (Lipinski definition) is 1. The maximum atomic E-state index is 10.2. The van der Waals surface area contributed by atoms with E-state index in [1.165, 1.54) is 12.4 Å². The number of halogens is 1. The number of fused-ring (bicyclic) bond motifs is 2. The molecule has 2 fully saturated rings. The van der Waals surface area contributed by atoms with E-state index in [4.69, 9.17) is 26.5 Å². The van der Waals surface area contributed by atoms with Gasteiger partial charge in [-0.3, -0.25) is 10.4 Å². The quantitative estimate of drug-likeness (QED) is 0.811. The van der Waals surface area contributed by atoms with E-state index in [1.807, 2.05) is 12.1 Å². The number of benzene rings is 1. The zero-order valence-electron chi connectivity index (χ0n) is 15.3. The number of aromatic nitrogens is 1. The Morgan fingerprint density at radius 2 is 1.79 bits per heavy atom. The van der Waals surface area contributed by atoms with Crippen molar-refractivity contribution >= 4 is 17.5 Å². The molecular weight excluding hydrogens is 390 g/mol. The van der Waals surface area contributed by atoms with Gasteiger partial charge in [0.15, 0.2) is 5.41 Å². The predicted octanol–water partition coefficient (Wildman–Crippen LogP) is 3.85. The van der Waals surface area contributed by atoms with Crippen molar-refractivity contribution < 1.29 is 9.47 Å². The SMILES string of the molecule is CC1C2(c3cccc(Cl)c3)OC(=N)C1(C#N)C(C#N)(C#N)C(c1ccncc1)O2. The van der Waals surface area contributed by atoms with Crippen LogP contribution in [0.25, 0.3) is 0 Å². The molecule has 4 rings (SSSR count). The monoisotopic (exact) mass is 403 g/mol. The summed E-state index contributed by atoms with van der Waals surface area (Å²) in [6.07, 6.45) is 1.86. The van der Waals surface area contributed by atoms with Crippen LogP contribution in [0.3, 0.4) is 0 Å². The van der Waals surface area contributed by atoms with E-state index in [2.05, 4.69) is 11.1 Å². The summed E-state index contributed by atoms with van der Waals surface area (Å²) in [6, 6.07) is 16.1. The van der Waals surface area contributed by atoms with Crippen LogP contribution < -0.4 is 0 Å². The van der Waals surface area contributed by atoms with Crippen LogP contribution in [0.2, 0.25) is 5.02 Å². The van der Waals surface area contributed by atoms with Crippen LogP contribution in [-0.4, -0.2) is 10.9 Å². The molecule has 29 heavy (non-hydrogen) atoms. The van der Waals surface area contributed by atoms with Crippen LogP contribution in [0.5, 0.6) is 0 Å². The summed E-state index contributed by atoms with van der Waals surface area (Å²) in [4.78, 5) is 3.97. The summed E-state index contributed by atoms with van der Waals surface area (Å²) >= 11 is 6.17. The van der Waals surface area contributed by atoms with Gasteiger partial charge < -0.3 is 9.47 Å². The minimum absolute atomic E-state index is 0.426. The predicted molar refractivity (Wildman–Crippen MR) is 101 cm³/mol. The summed E-state index contributed by atoms with van der Waals surface area (Å²) in [5.74, 6) is -2.85. The molecule has 0 saturated carbocycles. The second-order valence-corrected chi connectivity index (χ2v) is 7.50. The number of ether oxygens (including phenoxy) is 2. The van der Waals surface area contributed by atoms with Gasteiger partial charge in [0.05, 0.1) is 24.1 Å². The number of pyridine rings is 1. The molecule has 1 N–H and O–H groups in total. The van der Waals surface area contributed by atoms with Crippen molar-refractivity contribution in [2.24, 2.45) is 16.7 Å². The first kappa shape index (κ1) is 18.9. The molecule has 2 saturated heterocycles. The van der Waals surface area contributed by atoms with E-state index in [-0.39, 0.29) is 0 Å². The molecule has 4 unspecified atom stereocenters. The highest BCUT2D eigenvalue weighted by Gasteiger charge is 2.79. The standard InChI is InChI=1S/C21H14ClN5O2/c1-13-20(12-25)18(26)29-21(13,15-3-2-4-16(22)9-15)28-17(19(20,10-23)11-24)14-5-7-27-8-6-14/h2-9,13,17,26H,1H3. The van der Waals surface area contributed by atoms with Crippen LogP contribution in [0.4, 0.5) is 0 Å². The average Bonchev–Trinajstić information content (AvgIpc) is 2.91. The second kappa shape index (κ2) is 6.29. The number of rotatable bonds is 2. The Bertz CT molecular complexity index is 1120. The molecule has 2 aromatic rings. The van der Waals surface area contributed by atoms with Crippen LogP contribution in [0.15, 0.2) is 48.8 Å². The van der Waals surface area contributed by atoms with Gasteiger partial charge in [-0.05, 0) is 29.8 Å². The van der Waals surface area contributed by atoms with Crippen LogP contribution in [0.1, 0.15) is 24.2 Å². The zero-order valence-corrected chi connectivity index (χ0v) is 16.0. The molecule has 0 radical (unpaired) electrons. The summed E-state index contributed by atoms with van der Waals surface area (Å²) in [5.41, 5.74) is -2.86. The Balaban J connectivity index is 2.06. The lowest BCUT2D eigenvalue weighted by molar-refractivity contribution is -0.288. The topological polar surface area (TPSA) is 127 Å². The molecule has 142 valence electrons. The molecular formula is C21H14ClN5O2. The number of hydrogen-bond acceptors (Lipinski definition) is 7. The fourth-order valence-electron chi connectivity index (χ4n) is 4.41. The van der Waals surface area contributed by atoms with Gasteiger partial charge in [0.25, 0.3) is 0 Å². The van der Waals surface area contributed by atoms with Crippen molar-refractivity contribution in [1.29, 1.82) is 21.2 Å². The Morgan fingerprint density at radius 3 is 2.38 bits per heavy atom. The molecule has 1 aromatic heterocycles. The Hall–Kier alpha value is -3.44. The van der Waals surface area contributed by atoms with Crippen LogP contribution in [0, 0.1) is 56.2 Å². The van der Waals surface area contributed by atoms with E-state index in [0.29, 0.717) is 16.1 Å². The lowest BCUT2D eigenvalue weighted by Crippen LogP contribution is -2.57. The average molecular weight is 404 g/mol. The normalized spacial score (nSPS) is 31.8. The van der Waals surface area contributed by atoms with Gasteiger partial charge in [0, 0.05) is 23.0 Å². The van der Waals surface area contributed by atoms with Crippen molar-refractivity contribution in [2.75, 3.05) is 0 Å². The first-order chi connectivity index (χ1) is 13.9. The molecule has 2 aliphatic heterocycles. The van der Waals surface area contributed by atoms with Gasteiger partial charge in [-0.2, -0.15) is 15.8 Å². The summed E-state index contributed by atoms with van der Waals surface area (Å²) in [7, 11) is 0. The van der Waals surface area contributed by atoms with Gasteiger partial charge >= 0.3 is 0 Å². The van der Waals surface area contributed by atoms with E-state index in [0.717, 1.165) is 0 Å². The third-order valence-corrected chi connectivity index (χ3v) is 6.14. The minimum Gasteiger partial charge on any atom is -0.443 e. The molecule has 8 heteroatoms. The number of nitriles is 3. The largest absolute Gasteiger partial charge is 0.443 e. The molecule has 2 bridgehead atoms. The van der Waals surface area contributed by atoms with Crippen molar-refractivity contribution in [3.8, 4) is 18.2 Å². The van der Waals surface area contributed by atoms with Gasteiger partial charge in [-0.25, -0.2) is 0 Å².